The van der Waals surface area contributed by atoms with Gasteiger partial charge in [0.05, 0.1) is 0 Å². The highest BCUT2D eigenvalue weighted by molar-refractivity contribution is 5.84. The maximum absolute atomic E-state index is 13.4. The minimum absolute atomic E-state index is 0.0185. The predicted molar refractivity (Wildman–Crippen MR) is 53.5 cm³/mol. The van der Waals surface area contributed by atoms with Gasteiger partial charge in [-0.1, -0.05) is 6.92 Å². The Kier molecular flexibility index (Phi) is 3.14. The van der Waals surface area contributed by atoms with Crippen LogP contribution in [0.5, 0.6) is 0 Å². The molecule has 0 aliphatic carbocycles. The molecule has 1 aliphatic rings. The fraction of sp³-hybridized carbons (Fsp3) is 0.900. The van der Waals surface area contributed by atoms with Crippen LogP contribution in [0.3, 0.4) is 0 Å². The van der Waals surface area contributed by atoms with Crippen LogP contribution >= 0.6 is 0 Å². The number of carbonyl (C=O) groups excluding carboxylic acids is 1. The fourth-order valence-electron chi connectivity index (χ4n) is 1.66. The molecule has 1 rings (SSSR count). The zero-order valence-electron chi connectivity index (χ0n) is 9.09. The summed E-state index contributed by atoms with van der Waals surface area (Å²) in [6, 6.07) is -0.0185. The van der Waals surface area contributed by atoms with Crippen LogP contribution in [-0.4, -0.2) is 35.6 Å². The summed E-state index contributed by atoms with van der Waals surface area (Å²) in [5, 5.41) is 0. The Bertz CT molecular complexity index is 225. The van der Waals surface area contributed by atoms with Crippen LogP contribution in [0.15, 0.2) is 0 Å². The maximum Gasteiger partial charge on any atom is 0.259 e. The molecule has 1 aliphatic heterocycles. The van der Waals surface area contributed by atoms with Gasteiger partial charge in [-0.05, 0) is 26.2 Å². The van der Waals surface area contributed by atoms with Gasteiger partial charge in [0.15, 0.2) is 5.67 Å². The molecule has 4 heteroatoms. The maximum atomic E-state index is 13.4. The second-order valence-corrected chi connectivity index (χ2v) is 4.65. The summed E-state index contributed by atoms with van der Waals surface area (Å²) in [5.41, 5.74) is 4.06. The highest BCUT2D eigenvalue weighted by Crippen LogP contribution is 2.20. The van der Waals surface area contributed by atoms with E-state index in [4.69, 9.17) is 5.73 Å². The summed E-state index contributed by atoms with van der Waals surface area (Å²) in [6.07, 6.45) is 0.864. The Morgan fingerprint density at radius 2 is 2.14 bits per heavy atom. The molecule has 1 heterocycles. The van der Waals surface area contributed by atoms with Crippen LogP contribution in [0.25, 0.3) is 0 Å². The third-order valence-corrected chi connectivity index (χ3v) is 2.81. The van der Waals surface area contributed by atoms with E-state index in [2.05, 4.69) is 6.92 Å². The average molecular weight is 202 g/mol. The van der Waals surface area contributed by atoms with Crippen molar-refractivity contribution >= 4 is 5.91 Å². The van der Waals surface area contributed by atoms with E-state index in [1.165, 1.54) is 18.7 Å². The monoisotopic (exact) mass is 202 g/mol. The summed E-state index contributed by atoms with van der Waals surface area (Å²) >= 11 is 0. The molecule has 82 valence electrons. The van der Waals surface area contributed by atoms with E-state index in [-0.39, 0.29) is 6.04 Å². The zero-order chi connectivity index (χ0) is 10.9. The van der Waals surface area contributed by atoms with Crippen LogP contribution < -0.4 is 5.73 Å². The van der Waals surface area contributed by atoms with E-state index >= 15 is 0 Å². The van der Waals surface area contributed by atoms with E-state index < -0.39 is 11.6 Å². The van der Waals surface area contributed by atoms with Gasteiger partial charge in [0.1, 0.15) is 0 Å². The number of rotatable bonds is 1. The van der Waals surface area contributed by atoms with E-state index in [1.807, 2.05) is 0 Å². The average Bonchev–Trinajstić information content (AvgIpc) is 2.07. The molecule has 3 nitrogen and oxygen atoms in total. The molecule has 2 N–H and O–H groups in total. The van der Waals surface area contributed by atoms with Gasteiger partial charge < -0.3 is 10.6 Å². The fourth-order valence-corrected chi connectivity index (χ4v) is 1.66. The molecule has 0 aromatic rings. The molecule has 0 spiro atoms. The highest BCUT2D eigenvalue weighted by Gasteiger charge is 2.35. The largest absolute Gasteiger partial charge is 0.338 e. The smallest absolute Gasteiger partial charge is 0.259 e. The zero-order valence-corrected chi connectivity index (χ0v) is 9.09. The Morgan fingerprint density at radius 1 is 1.57 bits per heavy atom. The summed E-state index contributed by atoms with van der Waals surface area (Å²) in [6.45, 7) is 5.75. The topological polar surface area (TPSA) is 46.3 Å². The number of piperidine rings is 1. The number of halogens is 1. The van der Waals surface area contributed by atoms with Gasteiger partial charge in [0.2, 0.25) is 0 Å². The molecule has 2 atom stereocenters. The second kappa shape index (κ2) is 3.85. The van der Waals surface area contributed by atoms with Crippen molar-refractivity contribution < 1.29 is 9.18 Å². The number of hydrogen-bond acceptors (Lipinski definition) is 2. The quantitative estimate of drug-likeness (QED) is 0.687. The lowest BCUT2D eigenvalue weighted by Gasteiger charge is -2.37. The van der Waals surface area contributed by atoms with Crippen LogP contribution in [0.2, 0.25) is 0 Å². The van der Waals surface area contributed by atoms with Crippen LogP contribution in [-0.2, 0) is 4.79 Å². The second-order valence-electron chi connectivity index (χ2n) is 4.65. The van der Waals surface area contributed by atoms with E-state index in [0.29, 0.717) is 19.0 Å². The number of nitrogens with two attached hydrogens (primary N) is 1. The van der Waals surface area contributed by atoms with Crippen molar-refractivity contribution in [2.45, 2.75) is 38.9 Å². The van der Waals surface area contributed by atoms with Crippen molar-refractivity contribution in [1.29, 1.82) is 0 Å². The summed E-state index contributed by atoms with van der Waals surface area (Å²) < 4.78 is 13.4. The standard InChI is InChI=1S/C10H19FN2O/c1-7-4-5-13(6-8(7)12)9(14)10(2,3)11/h7-8H,4-6,12H2,1-3H3. The van der Waals surface area contributed by atoms with Gasteiger partial charge in [-0.2, -0.15) is 0 Å². The minimum Gasteiger partial charge on any atom is -0.338 e. The van der Waals surface area contributed by atoms with Crippen molar-refractivity contribution in [3.63, 3.8) is 0 Å². The first-order valence-electron chi connectivity index (χ1n) is 5.06. The van der Waals surface area contributed by atoms with E-state index in [0.717, 1.165) is 6.42 Å². The number of likely N-dealkylation sites (tertiary alicyclic amines) is 1. The molecule has 0 saturated carbocycles. The molecular weight excluding hydrogens is 183 g/mol. The molecule has 1 amide bonds. The van der Waals surface area contributed by atoms with Crippen molar-refractivity contribution in [3.8, 4) is 0 Å². The van der Waals surface area contributed by atoms with Gasteiger partial charge in [0, 0.05) is 19.1 Å². The normalized spacial score (nSPS) is 29.1. The molecule has 0 bridgehead atoms. The van der Waals surface area contributed by atoms with Crippen LogP contribution in [0.4, 0.5) is 4.39 Å². The summed E-state index contributed by atoms with van der Waals surface area (Å²) in [7, 11) is 0. The SMILES string of the molecule is CC1CCN(C(=O)C(C)(C)F)CC1N. The Labute approximate surface area is 84.4 Å². The molecule has 14 heavy (non-hydrogen) atoms. The number of amides is 1. The molecule has 1 saturated heterocycles. The summed E-state index contributed by atoms with van der Waals surface area (Å²) in [5.74, 6) is -0.0263. The van der Waals surface area contributed by atoms with E-state index in [9.17, 15) is 9.18 Å². The number of alkyl halides is 1. The van der Waals surface area contributed by atoms with E-state index in [1.54, 1.807) is 0 Å². The van der Waals surface area contributed by atoms with Crippen molar-refractivity contribution in [1.82, 2.24) is 4.90 Å². The molecular formula is C10H19FN2O. The van der Waals surface area contributed by atoms with Crippen LogP contribution in [0, 0.1) is 5.92 Å². The highest BCUT2D eigenvalue weighted by atomic mass is 19.1. The van der Waals surface area contributed by atoms with Crippen molar-refractivity contribution in [2.24, 2.45) is 11.7 Å². The molecule has 0 aromatic carbocycles. The first-order chi connectivity index (χ1) is 6.32. The molecule has 2 unspecified atom stereocenters. The first kappa shape index (κ1) is 11.4. The lowest BCUT2D eigenvalue weighted by atomic mass is 9.93. The Balaban J connectivity index is 2.59. The van der Waals surface area contributed by atoms with Crippen molar-refractivity contribution in [3.05, 3.63) is 0 Å². The first-order valence-corrected chi connectivity index (χ1v) is 5.06. The van der Waals surface area contributed by atoms with Gasteiger partial charge in [-0.15, -0.1) is 0 Å². The predicted octanol–water partition coefficient (Wildman–Crippen LogP) is 0.930. The third kappa shape index (κ3) is 2.44. The molecule has 0 radical (unpaired) electrons. The van der Waals surface area contributed by atoms with Crippen molar-refractivity contribution in [2.75, 3.05) is 13.1 Å². The molecule has 0 aromatic heterocycles. The Hall–Kier alpha value is -0.640. The number of hydrogen-bond donors (Lipinski definition) is 1. The number of carbonyl (C=O) groups is 1. The Morgan fingerprint density at radius 3 is 2.57 bits per heavy atom. The lowest BCUT2D eigenvalue weighted by Crippen LogP contribution is -2.53. The summed E-state index contributed by atoms with van der Waals surface area (Å²) in [4.78, 5) is 13.1. The van der Waals surface area contributed by atoms with Crippen LogP contribution in [0.1, 0.15) is 27.2 Å². The lowest BCUT2D eigenvalue weighted by molar-refractivity contribution is -0.143. The third-order valence-electron chi connectivity index (χ3n) is 2.81. The van der Waals surface area contributed by atoms with Gasteiger partial charge in [0.25, 0.3) is 5.91 Å². The minimum atomic E-state index is -1.78. The number of nitrogens with zero attached hydrogens (tertiary/aromatic N) is 1. The van der Waals surface area contributed by atoms with Gasteiger partial charge in [-0.3, -0.25) is 4.79 Å². The molecule has 1 fully saturated rings. The van der Waals surface area contributed by atoms with Gasteiger partial charge >= 0.3 is 0 Å². The van der Waals surface area contributed by atoms with Gasteiger partial charge in [-0.25, -0.2) is 4.39 Å².